The molecule has 0 saturated carbocycles. The van der Waals surface area contributed by atoms with Gasteiger partial charge in [0.15, 0.2) is 0 Å². The second-order valence-electron chi connectivity index (χ2n) is 4.09. The van der Waals surface area contributed by atoms with Gasteiger partial charge in [0.1, 0.15) is 5.75 Å². The topological polar surface area (TPSA) is 21.3 Å². The number of methoxy groups -OCH3 is 1. The summed E-state index contributed by atoms with van der Waals surface area (Å²) in [6.07, 6.45) is 2.93. The average Bonchev–Trinajstić information content (AvgIpc) is 2.29. The highest BCUT2D eigenvalue weighted by Gasteiger charge is 2.08. The van der Waals surface area contributed by atoms with Gasteiger partial charge in [0.25, 0.3) is 0 Å². The molecule has 0 bridgehead atoms. The SMILES string of the molecule is C=CCC(C)NC(C)c1ccc(OC)cc1. The van der Waals surface area contributed by atoms with Crippen molar-refractivity contribution < 1.29 is 4.74 Å². The zero-order valence-electron chi connectivity index (χ0n) is 10.4. The minimum atomic E-state index is 0.348. The maximum atomic E-state index is 5.13. The highest BCUT2D eigenvalue weighted by atomic mass is 16.5. The van der Waals surface area contributed by atoms with Crippen molar-refractivity contribution in [3.63, 3.8) is 0 Å². The number of ether oxygens (including phenoxy) is 1. The molecule has 0 spiro atoms. The molecule has 0 aromatic heterocycles. The molecule has 0 aliphatic rings. The third-order valence-corrected chi connectivity index (χ3v) is 2.67. The molecular weight excluding hydrogens is 198 g/mol. The van der Waals surface area contributed by atoms with Crippen LogP contribution in [0.15, 0.2) is 36.9 Å². The van der Waals surface area contributed by atoms with Gasteiger partial charge < -0.3 is 10.1 Å². The highest BCUT2D eigenvalue weighted by molar-refractivity contribution is 5.28. The van der Waals surface area contributed by atoms with Crippen LogP contribution in [-0.4, -0.2) is 13.2 Å². The summed E-state index contributed by atoms with van der Waals surface area (Å²) in [6, 6.07) is 8.97. The van der Waals surface area contributed by atoms with E-state index in [0.717, 1.165) is 12.2 Å². The molecule has 0 fully saturated rings. The normalized spacial score (nSPS) is 14.2. The van der Waals surface area contributed by atoms with Gasteiger partial charge in [-0.05, 0) is 38.0 Å². The molecular formula is C14H21NO. The van der Waals surface area contributed by atoms with E-state index in [1.807, 2.05) is 18.2 Å². The minimum absolute atomic E-state index is 0.348. The predicted octanol–water partition coefficient (Wildman–Crippen LogP) is 3.31. The first-order valence-electron chi connectivity index (χ1n) is 5.68. The maximum absolute atomic E-state index is 5.13. The summed E-state index contributed by atoms with van der Waals surface area (Å²) in [5, 5.41) is 3.52. The zero-order valence-corrected chi connectivity index (χ0v) is 10.4. The fraction of sp³-hybridized carbons (Fsp3) is 0.429. The molecule has 0 saturated heterocycles. The van der Waals surface area contributed by atoms with Crippen LogP contribution in [0.3, 0.4) is 0 Å². The molecule has 2 nitrogen and oxygen atoms in total. The van der Waals surface area contributed by atoms with Crippen molar-refractivity contribution in [1.29, 1.82) is 0 Å². The molecule has 1 rings (SSSR count). The fourth-order valence-corrected chi connectivity index (χ4v) is 1.73. The summed E-state index contributed by atoms with van der Waals surface area (Å²) in [4.78, 5) is 0. The summed E-state index contributed by atoms with van der Waals surface area (Å²) in [5.41, 5.74) is 1.27. The van der Waals surface area contributed by atoms with Crippen LogP contribution in [0.4, 0.5) is 0 Å². The van der Waals surface area contributed by atoms with Crippen molar-refractivity contribution in [2.75, 3.05) is 7.11 Å². The number of hydrogen-bond donors (Lipinski definition) is 1. The van der Waals surface area contributed by atoms with Crippen LogP contribution in [0, 0.1) is 0 Å². The molecule has 0 radical (unpaired) electrons. The van der Waals surface area contributed by atoms with Gasteiger partial charge in [-0.1, -0.05) is 18.2 Å². The number of rotatable bonds is 6. The molecule has 0 aliphatic heterocycles. The van der Waals surface area contributed by atoms with E-state index in [1.165, 1.54) is 5.56 Å². The number of benzene rings is 1. The maximum Gasteiger partial charge on any atom is 0.118 e. The van der Waals surface area contributed by atoms with Crippen molar-refractivity contribution in [2.24, 2.45) is 0 Å². The molecule has 16 heavy (non-hydrogen) atoms. The van der Waals surface area contributed by atoms with Crippen LogP contribution in [-0.2, 0) is 0 Å². The van der Waals surface area contributed by atoms with E-state index in [9.17, 15) is 0 Å². The van der Waals surface area contributed by atoms with E-state index in [-0.39, 0.29) is 0 Å². The smallest absolute Gasteiger partial charge is 0.118 e. The van der Waals surface area contributed by atoms with Crippen molar-refractivity contribution >= 4 is 0 Å². The zero-order chi connectivity index (χ0) is 12.0. The Morgan fingerprint density at radius 1 is 1.31 bits per heavy atom. The molecule has 1 N–H and O–H groups in total. The van der Waals surface area contributed by atoms with Crippen LogP contribution >= 0.6 is 0 Å². The lowest BCUT2D eigenvalue weighted by Crippen LogP contribution is -2.28. The van der Waals surface area contributed by atoms with Crippen LogP contribution in [0.1, 0.15) is 31.9 Å². The van der Waals surface area contributed by atoms with E-state index in [2.05, 4.69) is 37.9 Å². The summed E-state index contributed by atoms with van der Waals surface area (Å²) in [7, 11) is 1.68. The Morgan fingerprint density at radius 3 is 2.44 bits per heavy atom. The van der Waals surface area contributed by atoms with Crippen LogP contribution in [0.5, 0.6) is 5.75 Å². The second-order valence-corrected chi connectivity index (χ2v) is 4.09. The highest BCUT2D eigenvalue weighted by Crippen LogP contribution is 2.17. The van der Waals surface area contributed by atoms with E-state index in [4.69, 9.17) is 4.74 Å². The minimum Gasteiger partial charge on any atom is -0.497 e. The lowest BCUT2D eigenvalue weighted by Gasteiger charge is -2.19. The third kappa shape index (κ3) is 3.70. The average molecular weight is 219 g/mol. The first-order valence-corrected chi connectivity index (χ1v) is 5.68. The predicted molar refractivity (Wildman–Crippen MR) is 68.8 cm³/mol. The molecule has 0 amide bonds. The van der Waals surface area contributed by atoms with Gasteiger partial charge in [-0.15, -0.1) is 6.58 Å². The molecule has 88 valence electrons. The molecule has 2 atom stereocenters. The summed E-state index contributed by atoms with van der Waals surface area (Å²) >= 11 is 0. The first-order chi connectivity index (χ1) is 7.67. The Morgan fingerprint density at radius 2 is 1.94 bits per heavy atom. The van der Waals surface area contributed by atoms with Crippen molar-refractivity contribution in [3.8, 4) is 5.75 Å². The molecule has 1 aromatic rings. The van der Waals surface area contributed by atoms with Crippen molar-refractivity contribution in [3.05, 3.63) is 42.5 Å². The Kier molecular flexibility index (Phi) is 5.06. The molecule has 0 aliphatic carbocycles. The largest absolute Gasteiger partial charge is 0.497 e. The van der Waals surface area contributed by atoms with Crippen molar-refractivity contribution in [2.45, 2.75) is 32.4 Å². The van der Waals surface area contributed by atoms with Crippen LogP contribution in [0.2, 0.25) is 0 Å². The Hall–Kier alpha value is -1.28. The Bertz CT molecular complexity index is 318. The van der Waals surface area contributed by atoms with E-state index in [1.54, 1.807) is 7.11 Å². The van der Waals surface area contributed by atoms with E-state index >= 15 is 0 Å². The number of hydrogen-bond acceptors (Lipinski definition) is 2. The fourth-order valence-electron chi connectivity index (χ4n) is 1.73. The second kappa shape index (κ2) is 6.33. The molecule has 2 unspecified atom stereocenters. The quantitative estimate of drug-likeness (QED) is 0.741. The van der Waals surface area contributed by atoms with Gasteiger partial charge >= 0.3 is 0 Å². The first kappa shape index (κ1) is 12.8. The van der Waals surface area contributed by atoms with Crippen molar-refractivity contribution in [1.82, 2.24) is 5.32 Å². The lowest BCUT2D eigenvalue weighted by atomic mass is 10.1. The monoisotopic (exact) mass is 219 g/mol. The molecule has 2 heteroatoms. The van der Waals surface area contributed by atoms with Gasteiger partial charge in [0, 0.05) is 12.1 Å². The Balaban J connectivity index is 2.58. The third-order valence-electron chi connectivity index (χ3n) is 2.67. The van der Waals surface area contributed by atoms with Crippen LogP contribution in [0.25, 0.3) is 0 Å². The standard InChI is InChI=1S/C14H21NO/c1-5-6-11(2)15-12(3)13-7-9-14(16-4)10-8-13/h5,7-12,15H,1,6H2,2-4H3. The number of nitrogens with one attached hydrogen (secondary N) is 1. The van der Waals surface area contributed by atoms with E-state index in [0.29, 0.717) is 12.1 Å². The molecule has 1 aromatic carbocycles. The Labute approximate surface area is 98.3 Å². The van der Waals surface area contributed by atoms with Gasteiger partial charge in [-0.25, -0.2) is 0 Å². The summed E-state index contributed by atoms with van der Waals surface area (Å²) in [5.74, 6) is 0.898. The van der Waals surface area contributed by atoms with E-state index < -0.39 is 0 Å². The van der Waals surface area contributed by atoms with Gasteiger partial charge in [-0.2, -0.15) is 0 Å². The summed E-state index contributed by atoms with van der Waals surface area (Å²) in [6.45, 7) is 8.08. The van der Waals surface area contributed by atoms with Gasteiger partial charge in [-0.3, -0.25) is 0 Å². The molecule has 0 heterocycles. The lowest BCUT2D eigenvalue weighted by molar-refractivity contribution is 0.414. The summed E-state index contributed by atoms with van der Waals surface area (Å²) < 4.78 is 5.13. The van der Waals surface area contributed by atoms with Crippen LogP contribution < -0.4 is 10.1 Å². The van der Waals surface area contributed by atoms with Gasteiger partial charge in [0.05, 0.1) is 7.11 Å². The van der Waals surface area contributed by atoms with Gasteiger partial charge in [0.2, 0.25) is 0 Å².